The summed E-state index contributed by atoms with van der Waals surface area (Å²) in [5.74, 6) is -1.65. The quantitative estimate of drug-likeness (QED) is 0.285. The average Bonchev–Trinajstić information content (AvgIpc) is 2.74. The molecule has 0 spiro atoms. The molecule has 0 amide bonds. The molecule has 0 saturated heterocycles. The van der Waals surface area contributed by atoms with Crippen LogP contribution in [0.5, 0.6) is 0 Å². The van der Waals surface area contributed by atoms with E-state index in [0.29, 0.717) is 23.0 Å². The number of hydrogen-bond donors (Lipinski definition) is 0. The Morgan fingerprint density at radius 3 is 1.39 bits per heavy atom. The number of hydrogen-bond acceptors (Lipinski definition) is 2. The molecule has 0 aliphatic heterocycles. The van der Waals surface area contributed by atoms with Crippen LogP contribution in [0.1, 0.15) is 0 Å². The smallest absolute Gasteiger partial charge is 0.231 e. The Hall–Kier alpha value is -3.58. The van der Waals surface area contributed by atoms with E-state index in [1.54, 1.807) is 36.4 Å². The highest BCUT2D eigenvalue weighted by atomic mass is 19.1. The molecule has 0 unspecified atom stereocenters. The molecule has 3 nitrogen and oxygen atoms in total. The van der Waals surface area contributed by atoms with Crippen LogP contribution in [0.4, 0.5) is 29.2 Å². The highest BCUT2D eigenvalue weighted by molar-refractivity contribution is 5.65. The summed E-state index contributed by atoms with van der Waals surface area (Å²) in [5.41, 5.74) is 1.06. The van der Waals surface area contributed by atoms with E-state index in [0.717, 1.165) is 12.1 Å². The number of quaternary nitrogens is 1. The zero-order chi connectivity index (χ0) is 22.2. The van der Waals surface area contributed by atoms with Crippen LogP contribution in [0, 0.1) is 23.3 Å². The predicted molar refractivity (Wildman–Crippen MR) is 112 cm³/mol. The molecule has 0 saturated carbocycles. The number of benzene rings is 2. The normalized spacial score (nSPS) is 11.5. The summed E-state index contributed by atoms with van der Waals surface area (Å²) in [5, 5.41) is 0. The van der Waals surface area contributed by atoms with E-state index in [-0.39, 0.29) is 15.6 Å². The molecule has 0 N–H and O–H groups in total. The highest BCUT2D eigenvalue weighted by Gasteiger charge is 2.27. The Bertz CT molecular complexity index is 1170. The SMILES string of the molecule is C[N+](C)(c1cccc(-c2ccc(F)cc2F)n1)c1cccc(-c2ccc(F)cc2F)n1. The van der Waals surface area contributed by atoms with Crippen LogP contribution in [-0.4, -0.2) is 24.1 Å². The van der Waals surface area contributed by atoms with E-state index < -0.39 is 23.3 Å². The third-order valence-electron chi connectivity index (χ3n) is 5.03. The standard InChI is InChI=1S/C24H18F4N3/c1-31(2,23-7-3-5-21(29-23)17-11-9-15(25)13-19(17)27)24-8-4-6-22(30-24)18-12-10-16(26)14-20(18)28/h3-14H,1-2H3/q+1. The first-order chi connectivity index (χ1) is 14.8. The highest BCUT2D eigenvalue weighted by Crippen LogP contribution is 2.32. The van der Waals surface area contributed by atoms with Gasteiger partial charge in [-0.05, 0) is 36.4 Å². The zero-order valence-electron chi connectivity index (χ0n) is 16.8. The van der Waals surface area contributed by atoms with Gasteiger partial charge in [-0.1, -0.05) is 12.1 Å². The minimum atomic E-state index is -0.707. The molecule has 4 aromatic rings. The second-order valence-electron chi connectivity index (χ2n) is 7.46. The fraction of sp³-hybridized carbons (Fsp3) is 0.0833. The second kappa shape index (κ2) is 7.92. The Morgan fingerprint density at radius 2 is 1.00 bits per heavy atom. The van der Waals surface area contributed by atoms with Gasteiger partial charge in [0.1, 0.15) is 23.3 Å². The molecular formula is C24H18F4N3+. The molecule has 7 heteroatoms. The van der Waals surface area contributed by atoms with Crippen molar-refractivity contribution in [3.05, 3.63) is 96.1 Å². The van der Waals surface area contributed by atoms with Crippen molar-refractivity contribution in [3.63, 3.8) is 0 Å². The topological polar surface area (TPSA) is 25.8 Å². The average molecular weight is 424 g/mol. The molecule has 2 aromatic heterocycles. The van der Waals surface area contributed by atoms with E-state index in [1.807, 2.05) is 14.1 Å². The Labute approximate surface area is 176 Å². The maximum absolute atomic E-state index is 14.2. The van der Waals surface area contributed by atoms with E-state index in [1.165, 1.54) is 24.3 Å². The molecule has 0 bridgehead atoms. The summed E-state index contributed by atoms with van der Waals surface area (Å²) >= 11 is 0. The first kappa shape index (κ1) is 20.7. The minimum absolute atomic E-state index is 0.0767. The van der Waals surface area contributed by atoms with Crippen molar-refractivity contribution in [2.45, 2.75) is 0 Å². The van der Waals surface area contributed by atoms with Crippen molar-refractivity contribution in [2.75, 3.05) is 14.1 Å². The molecule has 156 valence electrons. The summed E-state index contributed by atoms with van der Waals surface area (Å²) in [6, 6.07) is 16.9. The molecule has 2 heterocycles. The van der Waals surface area contributed by atoms with Crippen molar-refractivity contribution in [1.29, 1.82) is 0 Å². The Morgan fingerprint density at radius 1 is 0.581 bits per heavy atom. The minimum Gasteiger partial charge on any atom is -0.231 e. The molecule has 0 radical (unpaired) electrons. The molecule has 0 aliphatic rings. The molecule has 0 atom stereocenters. The van der Waals surface area contributed by atoms with Gasteiger partial charge in [-0.2, -0.15) is 9.97 Å². The lowest BCUT2D eigenvalue weighted by molar-refractivity contribution is 0.525. The fourth-order valence-corrected chi connectivity index (χ4v) is 3.28. The number of nitrogens with zero attached hydrogens (tertiary/aromatic N) is 3. The number of rotatable bonds is 4. The van der Waals surface area contributed by atoms with Gasteiger partial charge in [0.2, 0.25) is 11.6 Å². The fourth-order valence-electron chi connectivity index (χ4n) is 3.28. The number of halogens is 4. The molecule has 0 fully saturated rings. The maximum atomic E-state index is 14.2. The van der Waals surface area contributed by atoms with E-state index in [2.05, 4.69) is 9.97 Å². The lowest BCUT2D eigenvalue weighted by Crippen LogP contribution is -2.36. The van der Waals surface area contributed by atoms with Gasteiger partial charge in [-0.15, -0.1) is 0 Å². The van der Waals surface area contributed by atoms with Crippen molar-refractivity contribution in [1.82, 2.24) is 14.5 Å². The number of aromatic nitrogens is 2. The molecule has 31 heavy (non-hydrogen) atoms. The van der Waals surface area contributed by atoms with Gasteiger partial charge in [0.05, 0.1) is 25.5 Å². The van der Waals surface area contributed by atoms with E-state index in [4.69, 9.17) is 0 Å². The van der Waals surface area contributed by atoms with Crippen molar-refractivity contribution < 1.29 is 17.6 Å². The van der Waals surface area contributed by atoms with Gasteiger partial charge < -0.3 is 0 Å². The molecular weight excluding hydrogens is 406 g/mol. The van der Waals surface area contributed by atoms with Crippen LogP contribution in [0.25, 0.3) is 22.5 Å². The van der Waals surface area contributed by atoms with Crippen LogP contribution >= 0.6 is 0 Å². The van der Waals surface area contributed by atoms with Crippen molar-refractivity contribution in [3.8, 4) is 22.5 Å². The lowest BCUT2D eigenvalue weighted by atomic mass is 10.1. The Balaban J connectivity index is 1.75. The van der Waals surface area contributed by atoms with Gasteiger partial charge in [-0.3, -0.25) is 0 Å². The third kappa shape index (κ3) is 4.04. The molecule has 0 aliphatic carbocycles. The van der Waals surface area contributed by atoms with E-state index >= 15 is 0 Å². The Kier molecular flexibility index (Phi) is 5.29. The first-order valence-corrected chi connectivity index (χ1v) is 9.46. The van der Waals surface area contributed by atoms with Gasteiger partial charge in [0, 0.05) is 35.4 Å². The molecule has 2 aromatic carbocycles. The van der Waals surface area contributed by atoms with E-state index in [9.17, 15) is 17.6 Å². The predicted octanol–water partition coefficient (Wildman–Crippen LogP) is 6.27. The summed E-state index contributed by atoms with van der Waals surface area (Å²) < 4.78 is 55.1. The van der Waals surface area contributed by atoms with Crippen LogP contribution in [0.2, 0.25) is 0 Å². The first-order valence-electron chi connectivity index (χ1n) is 9.46. The van der Waals surface area contributed by atoms with Crippen LogP contribution < -0.4 is 4.48 Å². The lowest BCUT2D eigenvalue weighted by Gasteiger charge is -2.26. The monoisotopic (exact) mass is 424 g/mol. The van der Waals surface area contributed by atoms with Crippen LogP contribution in [0.15, 0.2) is 72.8 Å². The summed E-state index contributed by atoms with van der Waals surface area (Å²) in [7, 11) is 3.67. The van der Waals surface area contributed by atoms with Gasteiger partial charge in [0.25, 0.3) is 0 Å². The van der Waals surface area contributed by atoms with Crippen molar-refractivity contribution >= 4 is 11.6 Å². The zero-order valence-corrected chi connectivity index (χ0v) is 16.8. The van der Waals surface area contributed by atoms with Gasteiger partial charge in [0.15, 0.2) is 0 Å². The van der Waals surface area contributed by atoms with Crippen LogP contribution in [-0.2, 0) is 0 Å². The van der Waals surface area contributed by atoms with Gasteiger partial charge >= 0.3 is 0 Å². The summed E-state index contributed by atoms with van der Waals surface area (Å²) in [6.45, 7) is 0. The molecule has 4 rings (SSSR count). The second-order valence-corrected chi connectivity index (χ2v) is 7.46. The van der Waals surface area contributed by atoms with Crippen LogP contribution in [0.3, 0.4) is 0 Å². The summed E-state index contributed by atoms with van der Waals surface area (Å²) in [4.78, 5) is 9.12. The summed E-state index contributed by atoms with van der Waals surface area (Å²) in [6.07, 6.45) is 0. The third-order valence-corrected chi connectivity index (χ3v) is 5.03. The van der Waals surface area contributed by atoms with Crippen molar-refractivity contribution in [2.24, 2.45) is 0 Å². The number of pyridine rings is 2. The maximum Gasteiger partial charge on any atom is 0.234 e. The largest absolute Gasteiger partial charge is 0.234 e. The van der Waals surface area contributed by atoms with Gasteiger partial charge in [-0.25, -0.2) is 22.0 Å².